The molecule has 0 aliphatic heterocycles. The Morgan fingerprint density at radius 3 is 0.533 bits per heavy atom. The van der Waals surface area contributed by atoms with Gasteiger partial charge in [0.25, 0.3) is 0 Å². The van der Waals surface area contributed by atoms with Crippen LogP contribution in [0.3, 0.4) is 0 Å². The van der Waals surface area contributed by atoms with Crippen LogP contribution in [0.25, 0.3) is 0 Å². The molecule has 0 rings (SSSR count). The van der Waals surface area contributed by atoms with Crippen molar-refractivity contribution in [1.29, 1.82) is 0 Å². The summed E-state index contributed by atoms with van der Waals surface area (Å²) in [5.74, 6) is 0. The second-order valence-corrected chi connectivity index (χ2v) is 0.924. The van der Waals surface area contributed by atoms with E-state index in [0.29, 0.717) is 0 Å². The van der Waals surface area contributed by atoms with Gasteiger partial charge in [0.05, 0.1) is 0 Å². The SMILES string of the molecule is OB(O)O.[O-]B([O-])[O-].[O-]B([O-])[O-].[Zn+2].[Zn+2].[Zn+2]. The molecular formula is H3B3O9Zn3. The fourth-order valence-electron chi connectivity index (χ4n) is 0. The van der Waals surface area contributed by atoms with Crippen LogP contribution >= 0.6 is 0 Å². The van der Waals surface area contributed by atoms with Crippen LogP contribution in [-0.2, 0) is 58.4 Å². The molecule has 72 valence electrons. The van der Waals surface area contributed by atoms with Crippen molar-refractivity contribution in [3.05, 3.63) is 0 Å². The van der Waals surface area contributed by atoms with Crippen LogP contribution < -0.4 is 30.1 Å². The van der Waals surface area contributed by atoms with Crippen molar-refractivity contribution in [1.82, 2.24) is 0 Å². The summed E-state index contributed by atoms with van der Waals surface area (Å²) in [6.45, 7) is 0. The van der Waals surface area contributed by atoms with Gasteiger partial charge in [0, 0.05) is 0 Å². The summed E-state index contributed by atoms with van der Waals surface area (Å²) >= 11 is 0. The molecule has 0 saturated heterocycles. The van der Waals surface area contributed by atoms with Crippen LogP contribution in [0.1, 0.15) is 0 Å². The van der Waals surface area contributed by atoms with Gasteiger partial charge in [-0.2, -0.15) is 0 Å². The second kappa shape index (κ2) is 29.6. The molecule has 0 atom stereocenters. The number of rotatable bonds is 0. The first-order valence-electron chi connectivity index (χ1n) is 2.19. The van der Waals surface area contributed by atoms with E-state index in [4.69, 9.17) is 45.2 Å². The van der Waals surface area contributed by atoms with Gasteiger partial charge in [-0.05, 0) is 0 Å². The Balaban J connectivity index is -0.0000000184. The van der Waals surface area contributed by atoms with E-state index in [0.717, 1.165) is 0 Å². The molecule has 15 heavy (non-hydrogen) atoms. The average molecular weight is 376 g/mol. The molecule has 0 saturated carbocycles. The minimum Gasteiger partial charge on any atom is -0.907 e. The van der Waals surface area contributed by atoms with Gasteiger partial charge < -0.3 is 45.2 Å². The first-order chi connectivity index (χ1) is 5.20. The quantitative estimate of drug-likeness (QED) is 0.344. The van der Waals surface area contributed by atoms with Crippen LogP contribution in [0.5, 0.6) is 0 Å². The van der Waals surface area contributed by atoms with Gasteiger partial charge in [-0.25, -0.2) is 0 Å². The minimum absolute atomic E-state index is 0. The summed E-state index contributed by atoms with van der Waals surface area (Å²) in [6.07, 6.45) is 0. The maximum absolute atomic E-state index is 8.42. The molecule has 15 heteroatoms. The van der Waals surface area contributed by atoms with Gasteiger partial charge in [0.1, 0.15) is 0 Å². The van der Waals surface area contributed by atoms with Crippen molar-refractivity contribution in [2.75, 3.05) is 0 Å². The Labute approximate surface area is 125 Å². The van der Waals surface area contributed by atoms with Crippen LogP contribution in [-0.4, -0.2) is 37.0 Å². The molecule has 0 fully saturated rings. The number of hydrogen-bond acceptors (Lipinski definition) is 9. The van der Waals surface area contributed by atoms with Crippen molar-refractivity contribution in [2.45, 2.75) is 0 Å². The summed E-state index contributed by atoms with van der Waals surface area (Å²) in [5, 5.41) is 72.0. The van der Waals surface area contributed by atoms with Crippen molar-refractivity contribution >= 4 is 22.0 Å². The van der Waals surface area contributed by atoms with Gasteiger partial charge in [0.2, 0.25) is 0 Å². The van der Waals surface area contributed by atoms with E-state index in [2.05, 4.69) is 0 Å². The third-order valence-corrected chi connectivity index (χ3v) is 0. The van der Waals surface area contributed by atoms with E-state index in [1.54, 1.807) is 0 Å². The fourth-order valence-corrected chi connectivity index (χ4v) is 0. The number of hydrogen-bond donors (Lipinski definition) is 3. The molecular weight excluding hydrogens is 373 g/mol. The summed E-state index contributed by atoms with van der Waals surface area (Å²) in [4.78, 5) is 0. The van der Waals surface area contributed by atoms with Crippen molar-refractivity contribution in [3.63, 3.8) is 0 Å². The molecule has 0 aromatic rings. The summed E-state index contributed by atoms with van der Waals surface area (Å²) in [5.41, 5.74) is 0. The zero-order chi connectivity index (χ0) is 10.7. The Morgan fingerprint density at radius 1 is 0.533 bits per heavy atom. The van der Waals surface area contributed by atoms with Gasteiger partial charge >= 0.3 is 65.8 Å². The molecule has 0 aromatic carbocycles. The standard InChI is InChI=1S/BH3O3.2BO3.3Zn/c3*2-1(3)4;;;/h2-4H;;;;;/q;2*-3;3*+2. The van der Waals surface area contributed by atoms with Gasteiger partial charge in [0.15, 0.2) is 0 Å². The molecule has 0 amide bonds. The molecule has 0 unspecified atom stereocenters. The van der Waals surface area contributed by atoms with Crippen molar-refractivity contribution in [2.24, 2.45) is 0 Å². The predicted molar refractivity (Wildman–Crippen MR) is 23.9 cm³/mol. The second-order valence-electron chi connectivity index (χ2n) is 0.924. The van der Waals surface area contributed by atoms with E-state index >= 15 is 0 Å². The van der Waals surface area contributed by atoms with Crippen molar-refractivity contribution < 1.29 is 104 Å². The molecule has 0 bridgehead atoms. The van der Waals surface area contributed by atoms with E-state index in [1.807, 2.05) is 0 Å². The molecule has 0 aliphatic carbocycles. The molecule has 0 spiro atoms. The normalized spacial score (nSPS) is 5.40. The van der Waals surface area contributed by atoms with Gasteiger partial charge in [-0.1, -0.05) is 0 Å². The van der Waals surface area contributed by atoms with E-state index in [9.17, 15) is 0 Å². The van der Waals surface area contributed by atoms with Gasteiger partial charge in [-0.15, -0.1) is 0 Å². The zero-order valence-corrected chi connectivity index (χ0v) is 16.5. The maximum Gasteiger partial charge on any atom is 2.00 e. The van der Waals surface area contributed by atoms with E-state index < -0.39 is 22.0 Å². The van der Waals surface area contributed by atoms with Crippen molar-refractivity contribution in [3.8, 4) is 0 Å². The Kier molecular flexibility index (Phi) is 71.0. The first kappa shape index (κ1) is 36.0. The third kappa shape index (κ3) is 1010. The van der Waals surface area contributed by atoms with Crippen LogP contribution in [0.15, 0.2) is 0 Å². The van der Waals surface area contributed by atoms with Crippen LogP contribution in [0.4, 0.5) is 0 Å². The topological polar surface area (TPSA) is 199 Å². The van der Waals surface area contributed by atoms with E-state index in [-0.39, 0.29) is 58.4 Å². The molecule has 0 aromatic heterocycles. The maximum atomic E-state index is 8.42. The zero-order valence-electron chi connectivity index (χ0n) is 7.64. The summed E-state index contributed by atoms with van der Waals surface area (Å²) in [6, 6.07) is 0. The predicted octanol–water partition coefficient (Wildman–Crippen LogP) is -9.95. The third-order valence-electron chi connectivity index (χ3n) is 0. The molecule has 0 aliphatic rings. The minimum atomic E-state index is -2.92. The smallest absolute Gasteiger partial charge is 0.907 e. The van der Waals surface area contributed by atoms with E-state index in [1.165, 1.54) is 0 Å². The molecule has 0 heterocycles. The largest absolute Gasteiger partial charge is 2.00 e. The monoisotopic (exact) mass is 372 g/mol. The first-order valence-corrected chi connectivity index (χ1v) is 2.19. The molecule has 3 N–H and O–H groups in total. The molecule has 9 nitrogen and oxygen atoms in total. The molecule has 0 radical (unpaired) electrons. The Morgan fingerprint density at radius 2 is 0.533 bits per heavy atom. The van der Waals surface area contributed by atoms with Crippen LogP contribution in [0, 0.1) is 0 Å². The summed E-state index contributed by atoms with van der Waals surface area (Å²) < 4.78 is 0. The Hall–Kier alpha value is 1.70. The average Bonchev–Trinajstić information content (AvgIpc) is 1.54. The fraction of sp³-hybridized carbons (Fsp3) is 0. The Bertz CT molecular complexity index is 49.1. The van der Waals surface area contributed by atoms with Crippen LogP contribution in [0.2, 0.25) is 0 Å². The van der Waals surface area contributed by atoms with Gasteiger partial charge in [-0.3, -0.25) is 14.6 Å². The summed E-state index contributed by atoms with van der Waals surface area (Å²) in [7, 11) is -8.00.